The molecule has 0 saturated heterocycles. The van der Waals surface area contributed by atoms with Crippen molar-refractivity contribution in [1.29, 1.82) is 0 Å². The highest BCUT2D eigenvalue weighted by Gasteiger charge is 2.54. The Bertz CT molecular complexity index is 302. The van der Waals surface area contributed by atoms with Gasteiger partial charge in [0.05, 0.1) is 0 Å². The zero-order chi connectivity index (χ0) is 11.3. The maximum absolute atomic E-state index is 10.8. The fraction of sp³-hybridized carbons (Fsp3) is 0.917. The van der Waals surface area contributed by atoms with E-state index in [9.17, 15) is 4.79 Å². The minimum Gasteiger partial charge on any atom is -0.465 e. The molecule has 4 fully saturated rings. The van der Waals surface area contributed by atoms with Gasteiger partial charge < -0.3 is 16.2 Å². The van der Waals surface area contributed by atoms with E-state index in [4.69, 9.17) is 10.8 Å². The predicted molar refractivity (Wildman–Crippen MR) is 60.0 cm³/mol. The molecule has 0 aromatic heterocycles. The zero-order valence-corrected chi connectivity index (χ0v) is 9.48. The van der Waals surface area contributed by atoms with Crippen LogP contribution in [0.25, 0.3) is 0 Å². The molecule has 0 aromatic carbocycles. The molecule has 1 amide bonds. The largest absolute Gasteiger partial charge is 0.465 e. The average Bonchev–Trinajstić information content (AvgIpc) is 2.22. The molecule has 1 unspecified atom stereocenters. The number of hydrogen-bond acceptors (Lipinski definition) is 2. The summed E-state index contributed by atoms with van der Waals surface area (Å²) in [6, 6.07) is 0.203. The highest BCUT2D eigenvalue weighted by Crippen LogP contribution is 2.59. The fourth-order valence-electron chi connectivity index (χ4n) is 4.82. The SMILES string of the molecule is NC[C@]12CC3C[C@H](C1)[C@@H](NC(=O)O)[C@@H](C3)C2. The lowest BCUT2D eigenvalue weighted by molar-refractivity contribution is -0.0693. The summed E-state index contributed by atoms with van der Waals surface area (Å²) in [6.07, 6.45) is 5.13. The molecule has 0 radical (unpaired) electrons. The molecule has 4 aliphatic rings. The molecule has 4 bridgehead atoms. The van der Waals surface area contributed by atoms with Crippen LogP contribution in [-0.4, -0.2) is 23.8 Å². The lowest BCUT2D eigenvalue weighted by Gasteiger charge is -2.59. The Morgan fingerprint density at radius 3 is 2.44 bits per heavy atom. The molecule has 90 valence electrons. The van der Waals surface area contributed by atoms with Crippen molar-refractivity contribution in [3.63, 3.8) is 0 Å². The maximum atomic E-state index is 10.8. The van der Waals surface area contributed by atoms with Gasteiger partial charge >= 0.3 is 6.09 Å². The quantitative estimate of drug-likeness (QED) is 0.663. The monoisotopic (exact) mass is 224 g/mol. The van der Waals surface area contributed by atoms with E-state index in [0.717, 1.165) is 25.3 Å². The lowest BCUT2D eigenvalue weighted by atomic mass is 9.48. The second kappa shape index (κ2) is 3.36. The highest BCUT2D eigenvalue weighted by atomic mass is 16.4. The standard InChI is InChI=1S/C12H20N2O2/c13-6-12-3-7-1-8(4-12)10(14-11(15)16)9(2-7)5-12/h7-10,14H,1-6,13H2,(H,15,16)/t7?,8-,9+,10-,12-. The summed E-state index contributed by atoms with van der Waals surface area (Å²) in [6.45, 7) is 0.788. The second-order valence-electron chi connectivity index (χ2n) is 6.15. The van der Waals surface area contributed by atoms with E-state index in [1.165, 1.54) is 19.3 Å². The number of carboxylic acid groups (broad SMARTS) is 1. The van der Waals surface area contributed by atoms with Crippen molar-refractivity contribution in [1.82, 2.24) is 5.32 Å². The molecule has 4 rings (SSSR count). The topological polar surface area (TPSA) is 75.3 Å². The Balaban J connectivity index is 1.81. The molecule has 4 aliphatic carbocycles. The Morgan fingerprint density at radius 2 is 1.94 bits per heavy atom. The van der Waals surface area contributed by atoms with Gasteiger partial charge in [0, 0.05) is 6.04 Å². The number of nitrogens with two attached hydrogens (primary N) is 1. The third kappa shape index (κ3) is 1.43. The predicted octanol–water partition coefficient (Wildman–Crippen LogP) is 1.41. The number of carbonyl (C=O) groups is 1. The number of amides is 1. The second-order valence-corrected chi connectivity index (χ2v) is 6.15. The Morgan fingerprint density at radius 1 is 1.31 bits per heavy atom. The van der Waals surface area contributed by atoms with Gasteiger partial charge in [0.1, 0.15) is 0 Å². The zero-order valence-electron chi connectivity index (χ0n) is 9.48. The van der Waals surface area contributed by atoms with Crippen LogP contribution >= 0.6 is 0 Å². The first-order valence-corrected chi connectivity index (χ1v) is 6.31. The van der Waals surface area contributed by atoms with Crippen LogP contribution in [0.4, 0.5) is 4.79 Å². The highest BCUT2D eigenvalue weighted by molar-refractivity contribution is 5.65. The fourth-order valence-corrected chi connectivity index (χ4v) is 4.82. The maximum Gasteiger partial charge on any atom is 0.404 e. The molecule has 0 aromatic rings. The van der Waals surface area contributed by atoms with Gasteiger partial charge in [-0.05, 0) is 61.8 Å². The molecule has 16 heavy (non-hydrogen) atoms. The first-order valence-electron chi connectivity index (χ1n) is 6.31. The van der Waals surface area contributed by atoms with Crippen molar-refractivity contribution in [2.45, 2.75) is 38.1 Å². The summed E-state index contributed by atoms with van der Waals surface area (Å²) in [4.78, 5) is 10.8. The van der Waals surface area contributed by atoms with Crippen molar-refractivity contribution in [2.75, 3.05) is 6.54 Å². The summed E-state index contributed by atoms with van der Waals surface area (Å²) in [5.74, 6) is 1.91. The van der Waals surface area contributed by atoms with Crippen molar-refractivity contribution in [3.8, 4) is 0 Å². The molecule has 0 heterocycles. The molecule has 4 N–H and O–H groups in total. The van der Waals surface area contributed by atoms with Crippen LogP contribution in [0.15, 0.2) is 0 Å². The van der Waals surface area contributed by atoms with Gasteiger partial charge in [-0.25, -0.2) is 4.79 Å². The van der Waals surface area contributed by atoms with Crippen LogP contribution in [0.1, 0.15) is 32.1 Å². The number of hydrogen-bond donors (Lipinski definition) is 3. The first-order chi connectivity index (χ1) is 7.62. The van der Waals surface area contributed by atoms with Gasteiger partial charge in [-0.1, -0.05) is 0 Å². The molecular formula is C12H20N2O2. The van der Waals surface area contributed by atoms with E-state index in [-0.39, 0.29) is 6.04 Å². The van der Waals surface area contributed by atoms with Crippen LogP contribution in [0, 0.1) is 23.2 Å². The van der Waals surface area contributed by atoms with E-state index in [1.807, 2.05) is 0 Å². The molecule has 4 nitrogen and oxygen atoms in total. The average molecular weight is 224 g/mol. The summed E-state index contributed by atoms with van der Waals surface area (Å²) < 4.78 is 0. The first kappa shape index (κ1) is 10.4. The van der Waals surface area contributed by atoms with Gasteiger partial charge in [-0.3, -0.25) is 0 Å². The van der Waals surface area contributed by atoms with Gasteiger partial charge in [0.15, 0.2) is 0 Å². The van der Waals surface area contributed by atoms with E-state index >= 15 is 0 Å². The van der Waals surface area contributed by atoms with Crippen LogP contribution in [-0.2, 0) is 0 Å². The van der Waals surface area contributed by atoms with Crippen LogP contribution < -0.4 is 11.1 Å². The lowest BCUT2D eigenvalue weighted by Crippen LogP contribution is -2.60. The Kier molecular flexibility index (Phi) is 2.18. The van der Waals surface area contributed by atoms with Gasteiger partial charge in [-0.2, -0.15) is 0 Å². The number of nitrogens with one attached hydrogen (secondary N) is 1. The smallest absolute Gasteiger partial charge is 0.404 e. The molecular weight excluding hydrogens is 204 g/mol. The van der Waals surface area contributed by atoms with Crippen LogP contribution in [0.2, 0.25) is 0 Å². The molecule has 0 spiro atoms. The Labute approximate surface area is 95.6 Å². The minimum atomic E-state index is -0.862. The molecule has 4 saturated carbocycles. The van der Waals surface area contributed by atoms with Gasteiger partial charge in [-0.15, -0.1) is 0 Å². The van der Waals surface area contributed by atoms with E-state index in [0.29, 0.717) is 17.3 Å². The summed E-state index contributed by atoms with van der Waals surface area (Å²) in [5, 5.41) is 11.6. The van der Waals surface area contributed by atoms with Crippen molar-refractivity contribution in [3.05, 3.63) is 0 Å². The van der Waals surface area contributed by atoms with Crippen LogP contribution in [0.3, 0.4) is 0 Å². The number of rotatable bonds is 2. The molecule has 5 atom stereocenters. The van der Waals surface area contributed by atoms with Gasteiger partial charge in [0.2, 0.25) is 0 Å². The molecule has 4 heteroatoms. The third-order valence-electron chi connectivity index (χ3n) is 5.12. The molecule has 0 aliphatic heterocycles. The Hall–Kier alpha value is -0.770. The van der Waals surface area contributed by atoms with Gasteiger partial charge in [0.25, 0.3) is 0 Å². The normalized spacial score (nSPS) is 49.3. The third-order valence-corrected chi connectivity index (χ3v) is 5.12. The van der Waals surface area contributed by atoms with Crippen molar-refractivity contribution >= 4 is 6.09 Å². The summed E-state index contributed by atoms with van der Waals surface area (Å²) in [7, 11) is 0. The van der Waals surface area contributed by atoms with Crippen molar-refractivity contribution < 1.29 is 9.90 Å². The summed E-state index contributed by atoms with van der Waals surface area (Å²) in [5.41, 5.74) is 6.29. The van der Waals surface area contributed by atoms with Crippen LogP contribution in [0.5, 0.6) is 0 Å². The summed E-state index contributed by atoms with van der Waals surface area (Å²) >= 11 is 0. The van der Waals surface area contributed by atoms with E-state index in [2.05, 4.69) is 5.32 Å². The van der Waals surface area contributed by atoms with E-state index in [1.54, 1.807) is 0 Å². The van der Waals surface area contributed by atoms with Crippen molar-refractivity contribution in [2.24, 2.45) is 28.9 Å². The minimum absolute atomic E-state index is 0.203. The van der Waals surface area contributed by atoms with E-state index < -0.39 is 6.09 Å².